The van der Waals surface area contributed by atoms with Gasteiger partial charge in [-0.2, -0.15) is 4.73 Å². The van der Waals surface area contributed by atoms with Gasteiger partial charge in [0.15, 0.2) is 17.7 Å². The normalized spacial score (nSPS) is 15.3. The van der Waals surface area contributed by atoms with Gasteiger partial charge < -0.3 is 19.6 Å². The Morgan fingerprint density at radius 2 is 1.81 bits per heavy atom. The van der Waals surface area contributed by atoms with Gasteiger partial charge in [-0.25, -0.2) is 0 Å². The van der Waals surface area contributed by atoms with Gasteiger partial charge in [-0.1, -0.05) is 30.3 Å². The fraction of sp³-hybridized carbons (Fsp3) is 0.250. The fourth-order valence-electron chi connectivity index (χ4n) is 3.95. The number of hydrogen-bond donors (Lipinski definition) is 0. The molecule has 0 N–H and O–H groups in total. The largest absolute Gasteiger partial charge is 0.618 e. The van der Waals surface area contributed by atoms with Crippen molar-refractivity contribution in [2.24, 2.45) is 0 Å². The number of benzene rings is 2. The van der Waals surface area contributed by atoms with Crippen molar-refractivity contribution in [3.05, 3.63) is 88.8 Å². The van der Waals surface area contributed by atoms with Crippen LogP contribution in [0.2, 0.25) is 0 Å². The quantitative estimate of drug-likeness (QED) is 0.336. The van der Waals surface area contributed by atoms with E-state index < -0.39 is 0 Å². The molecule has 31 heavy (non-hydrogen) atoms. The first-order valence-corrected chi connectivity index (χ1v) is 11.0. The van der Waals surface area contributed by atoms with Crippen LogP contribution >= 0.6 is 11.8 Å². The summed E-state index contributed by atoms with van der Waals surface area (Å²) in [5, 5.41) is 12.4. The van der Waals surface area contributed by atoms with E-state index in [9.17, 15) is 10.0 Å². The van der Waals surface area contributed by atoms with E-state index in [1.54, 1.807) is 32.4 Å². The van der Waals surface area contributed by atoms with E-state index in [-0.39, 0.29) is 17.7 Å². The molecule has 1 aromatic heterocycles. The van der Waals surface area contributed by atoms with Crippen LogP contribution in [0, 0.1) is 5.21 Å². The number of fused-ring (bicyclic) bond motifs is 1. The minimum Gasteiger partial charge on any atom is -0.618 e. The number of methoxy groups -OCH3 is 2. The second kappa shape index (κ2) is 9.31. The number of aromatic nitrogens is 1. The SMILES string of the molecule is COc1cc2c(cc1OC)C(c1ccccc1)N(C(=O)CSc1cccc[n+]1[O-])CC2. The first-order valence-electron chi connectivity index (χ1n) is 10.0. The molecule has 0 bridgehead atoms. The van der Waals surface area contributed by atoms with Gasteiger partial charge in [-0.3, -0.25) is 4.79 Å². The highest BCUT2D eigenvalue weighted by molar-refractivity contribution is 7.99. The number of rotatable bonds is 6. The van der Waals surface area contributed by atoms with Crippen molar-refractivity contribution in [1.29, 1.82) is 0 Å². The molecule has 3 aromatic rings. The van der Waals surface area contributed by atoms with Crippen LogP contribution in [0.25, 0.3) is 0 Å². The zero-order chi connectivity index (χ0) is 21.8. The molecule has 0 aliphatic carbocycles. The first-order chi connectivity index (χ1) is 15.1. The summed E-state index contributed by atoms with van der Waals surface area (Å²) in [6, 6.07) is 18.9. The molecule has 0 radical (unpaired) electrons. The molecule has 1 amide bonds. The van der Waals surface area contributed by atoms with Gasteiger partial charge in [0, 0.05) is 18.7 Å². The van der Waals surface area contributed by atoms with E-state index in [0.717, 1.165) is 27.8 Å². The van der Waals surface area contributed by atoms with Crippen LogP contribution in [0.3, 0.4) is 0 Å². The number of thioether (sulfide) groups is 1. The lowest BCUT2D eigenvalue weighted by Gasteiger charge is -2.38. The molecular formula is C24H24N2O4S. The summed E-state index contributed by atoms with van der Waals surface area (Å²) in [6.45, 7) is 0.591. The van der Waals surface area contributed by atoms with Gasteiger partial charge in [0.05, 0.1) is 26.0 Å². The molecule has 0 saturated carbocycles. The number of pyridine rings is 1. The number of amides is 1. The topological polar surface area (TPSA) is 65.7 Å². The average Bonchev–Trinajstić information content (AvgIpc) is 2.82. The Bertz CT molecular complexity index is 1070. The molecule has 160 valence electrons. The second-order valence-electron chi connectivity index (χ2n) is 7.21. The molecule has 1 aliphatic heterocycles. The van der Waals surface area contributed by atoms with Gasteiger partial charge in [0.25, 0.3) is 5.03 Å². The summed E-state index contributed by atoms with van der Waals surface area (Å²) in [5.41, 5.74) is 3.21. The summed E-state index contributed by atoms with van der Waals surface area (Å²) in [6.07, 6.45) is 2.17. The van der Waals surface area contributed by atoms with E-state index in [4.69, 9.17) is 9.47 Å². The molecule has 4 rings (SSSR count). The Morgan fingerprint density at radius 1 is 1.10 bits per heavy atom. The maximum absolute atomic E-state index is 13.3. The van der Waals surface area contributed by atoms with Crippen LogP contribution in [-0.4, -0.2) is 37.3 Å². The van der Waals surface area contributed by atoms with Gasteiger partial charge >= 0.3 is 0 Å². The van der Waals surface area contributed by atoms with E-state index in [0.29, 0.717) is 23.1 Å². The van der Waals surface area contributed by atoms with Gasteiger partial charge in [-0.15, -0.1) is 0 Å². The molecular weight excluding hydrogens is 412 g/mol. The van der Waals surface area contributed by atoms with Gasteiger partial charge in [-0.05, 0) is 53.1 Å². The number of hydrogen-bond acceptors (Lipinski definition) is 5. The summed E-state index contributed by atoms with van der Waals surface area (Å²) in [5.74, 6) is 1.51. The molecule has 2 heterocycles. The average molecular weight is 437 g/mol. The molecule has 1 aliphatic rings. The third kappa shape index (κ3) is 4.32. The molecule has 1 atom stereocenters. The Kier molecular flexibility index (Phi) is 6.32. The van der Waals surface area contributed by atoms with Crippen LogP contribution in [0.5, 0.6) is 11.5 Å². The molecule has 0 fully saturated rings. The van der Waals surface area contributed by atoms with Crippen molar-refractivity contribution in [2.45, 2.75) is 17.5 Å². The Balaban J connectivity index is 1.68. The molecule has 0 saturated heterocycles. The van der Waals surface area contributed by atoms with Crippen molar-refractivity contribution >= 4 is 17.7 Å². The molecule has 0 spiro atoms. The predicted octanol–water partition coefficient (Wildman–Crippen LogP) is 3.60. The second-order valence-corrected chi connectivity index (χ2v) is 8.21. The Labute approximate surface area is 186 Å². The van der Waals surface area contributed by atoms with Crippen molar-refractivity contribution < 1.29 is 19.0 Å². The van der Waals surface area contributed by atoms with Crippen LogP contribution in [0.15, 0.2) is 71.9 Å². The number of carbonyl (C=O) groups excluding carboxylic acids is 1. The fourth-order valence-corrected chi connectivity index (χ4v) is 4.75. The lowest BCUT2D eigenvalue weighted by Crippen LogP contribution is -2.41. The zero-order valence-corrected chi connectivity index (χ0v) is 18.3. The van der Waals surface area contributed by atoms with Crippen LogP contribution in [0.4, 0.5) is 0 Å². The summed E-state index contributed by atoms with van der Waals surface area (Å²) in [7, 11) is 3.24. The van der Waals surface area contributed by atoms with Gasteiger partial charge in [0.2, 0.25) is 5.91 Å². The molecule has 7 heteroatoms. The molecule has 6 nitrogen and oxygen atoms in total. The highest BCUT2D eigenvalue weighted by atomic mass is 32.2. The van der Waals surface area contributed by atoms with E-state index >= 15 is 0 Å². The third-order valence-electron chi connectivity index (χ3n) is 5.44. The van der Waals surface area contributed by atoms with Crippen molar-refractivity contribution in [2.75, 3.05) is 26.5 Å². The number of nitrogens with zero attached hydrogens (tertiary/aromatic N) is 2. The van der Waals surface area contributed by atoms with Crippen LogP contribution in [0.1, 0.15) is 22.7 Å². The van der Waals surface area contributed by atoms with Crippen molar-refractivity contribution in [3.63, 3.8) is 0 Å². The predicted molar refractivity (Wildman–Crippen MR) is 119 cm³/mol. The van der Waals surface area contributed by atoms with Crippen LogP contribution < -0.4 is 14.2 Å². The molecule has 2 aromatic carbocycles. The lowest BCUT2D eigenvalue weighted by atomic mass is 9.87. The van der Waals surface area contributed by atoms with Crippen molar-refractivity contribution in [1.82, 2.24) is 4.90 Å². The smallest absolute Gasteiger partial charge is 0.251 e. The first kappa shape index (κ1) is 21.1. The minimum absolute atomic E-state index is 0.0110. The highest BCUT2D eigenvalue weighted by Gasteiger charge is 2.33. The van der Waals surface area contributed by atoms with E-state index in [1.807, 2.05) is 47.4 Å². The zero-order valence-electron chi connectivity index (χ0n) is 17.5. The number of ether oxygens (including phenoxy) is 2. The van der Waals surface area contributed by atoms with Gasteiger partial charge in [0.1, 0.15) is 0 Å². The highest BCUT2D eigenvalue weighted by Crippen LogP contribution is 2.41. The van der Waals surface area contributed by atoms with E-state index in [1.165, 1.54) is 18.0 Å². The standard InChI is InChI=1S/C24H24N2O4S/c1-29-20-14-18-11-13-25(22(27)16-31-23-10-6-7-12-26(23)28)24(17-8-4-3-5-9-17)19(18)15-21(20)30-2/h3-10,12,14-15,24H,11,13,16H2,1-2H3. The van der Waals surface area contributed by atoms with Crippen LogP contribution in [-0.2, 0) is 11.2 Å². The number of carbonyl (C=O) groups is 1. The Morgan fingerprint density at radius 3 is 2.52 bits per heavy atom. The lowest BCUT2D eigenvalue weighted by molar-refractivity contribution is -0.645. The van der Waals surface area contributed by atoms with Crippen molar-refractivity contribution in [3.8, 4) is 11.5 Å². The monoisotopic (exact) mass is 436 g/mol. The summed E-state index contributed by atoms with van der Waals surface area (Å²) < 4.78 is 11.8. The maximum Gasteiger partial charge on any atom is 0.251 e. The maximum atomic E-state index is 13.3. The summed E-state index contributed by atoms with van der Waals surface area (Å²) in [4.78, 5) is 15.2. The summed E-state index contributed by atoms with van der Waals surface area (Å²) >= 11 is 1.26. The third-order valence-corrected chi connectivity index (χ3v) is 6.44. The van der Waals surface area contributed by atoms with E-state index in [2.05, 4.69) is 0 Å². The molecule has 1 unspecified atom stereocenters. The Hall–Kier alpha value is -3.19. The minimum atomic E-state index is -0.229.